The SMILES string of the molecule is CC[C@H](NC(=O)CCc1ccc(C)o1)[C@H](c1ccc(C)cc1)n1cncn1. The van der Waals surface area contributed by atoms with Gasteiger partial charge in [0.25, 0.3) is 0 Å². The molecule has 0 radical (unpaired) electrons. The Bertz CT molecular complexity index is 853. The fourth-order valence-electron chi connectivity index (χ4n) is 3.23. The van der Waals surface area contributed by atoms with Crippen LogP contribution in [0.5, 0.6) is 0 Å². The average Bonchev–Trinajstić information content (AvgIpc) is 3.33. The molecule has 0 saturated heterocycles. The van der Waals surface area contributed by atoms with E-state index in [1.54, 1.807) is 6.33 Å². The standard InChI is InChI=1S/C21H26N4O2/c1-4-19(24-20(26)12-11-18-10-7-16(3)27-18)21(25-14-22-13-23-25)17-8-5-15(2)6-9-17/h5-10,13-14,19,21H,4,11-12H2,1-3H3,(H,24,26)/t19-,21-/m0/s1. The highest BCUT2D eigenvalue weighted by molar-refractivity contribution is 5.76. The molecule has 27 heavy (non-hydrogen) atoms. The number of amides is 1. The lowest BCUT2D eigenvalue weighted by atomic mass is 9.96. The molecule has 0 spiro atoms. The minimum Gasteiger partial charge on any atom is -0.466 e. The summed E-state index contributed by atoms with van der Waals surface area (Å²) in [5.41, 5.74) is 2.29. The average molecular weight is 366 g/mol. The van der Waals surface area contributed by atoms with Crippen molar-refractivity contribution in [1.29, 1.82) is 0 Å². The highest BCUT2D eigenvalue weighted by Gasteiger charge is 2.26. The van der Waals surface area contributed by atoms with Gasteiger partial charge in [-0.1, -0.05) is 36.8 Å². The summed E-state index contributed by atoms with van der Waals surface area (Å²) in [7, 11) is 0. The van der Waals surface area contributed by atoms with Crippen LogP contribution in [0.15, 0.2) is 53.5 Å². The predicted octanol–water partition coefficient (Wildman–Crippen LogP) is 3.60. The van der Waals surface area contributed by atoms with Crippen molar-refractivity contribution in [2.24, 2.45) is 0 Å². The fraction of sp³-hybridized carbons (Fsp3) is 0.381. The molecule has 142 valence electrons. The van der Waals surface area contributed by atoms with Gasteiger partial charge in [-0.15, -0.1) is 0 Å². The summed E-state index contributed by atoms with van der Waals surface area (Å²) in [6.45, 7) is 6.03. The number of benzene rings is 1. The highest BCUT2D eigenvalue weighted by Crippen LogP contribution is 2.24. The number of aryl methyl sites for hydroxylation is 3. The summed E-state index contributed by atoms with van der Waals surface area (Å²) >= 11 is 0. The molecule has 0 fully saturated rings. The molecule has 2 heterocycles. The molecule has 2 atom stereocenters. The van der Waals surface area contributed by atoms with Crippen molar-refractivity contribution in [3.8, 4) is 0 Å². The van der Waals surface area contributed by atoms with Crippen molar-refractivity contribution in [3.63, 3.8) is 0 Å². The maximum absolute atomic E-state index is 12.6. The first-order valence-corrected chi connectivity index (χ1v) is 9.32. The van der Waals surface area contributed by atoms with Gasteiger partial charge in [0.2, 0.25) is 5.91 Å². The van der Waals surface area contributed by atoms with Gasteiger partial charge in [0.1, 0.15) is 24.2 Å². The molecule has 1 amide bonds. The summed E-state index contributed by atoms with van der Waals surface area (Å²) in [6.07, 6.45) is 4.99. The number of aromatic nitrogens is 3. The molecule has 0 unspecified atom stereocenters. The van der Waals surface area contributed by atoms with Gasteiger partial charge < -0.3 is 9.73 Å². The zero-order valence-electron chi connectivity index (χ0n) is 16.1. The zero-order valence-corrected chi connectivity index (χ0v) is 16.1. The van der Waals surface area contributed by atoms with Crippen LogP contribution in [-0.2, 0) is 11.2 Å². The molecule has 3 aromatic rings. The predicted molar refractivity (Wildman–Crippen MR) is 103 cm³/mol. The molecular formula is C21H26N4O2. The van der Waals surface area contributed by atoms with E-state index in [0.717, 1.165) is 23.5 Å². The quantitative estimate of drug-likeness (QED) is 0.661. The Morgan fingerprint density at radius 3 is 2.56 bits per heavy atom. The van der Waals surface area contributed by atoms with Crippen molar-refractivity contribution in [1.82, 2.24) is 20.1 Å². The molecule has 2 aromatic heterocycles. The lowest BCUT2D eigenvalue weighted by Gasteiger charge is -2.28. The summed E-state index contributed by atoms with van der Waals surface area (Å²) < 4.78 is 7.36. The first kappa shape index (κ1) is 18.9. The molecule has 6 heteroatoms. The van der Waals surface area contributed by atoms with E-state index in [-0.39, 0.29) is 18.0 Å². The Kier molecular flexibility index (Phi) is 6.06. The smallest absolute Gasteiger partial charge is 0.220 e. The fourth-order valence-corrected chi connectivity index (χ4v) is 3.23. The van der Waals surface area contributed by atoms with Gasteiger partial charge in [-0.3, -0.25) is 4.79 Å². The van der Waals surface area contributed by atoms with E-state index in [4.69, 9.17) is 4.42 Å². The van der Waals surface area contributed by atoms with Gasteiger partial charge in [0.15, 0.2) is 0 Å². The molecule has 0 aliphatic heterocycles. The van der Waals surface area contributed by atoms with Crippen LogP contribution in [0.3, 0.4) is 0 Å². The number of rotatable bonds is 8. The number of nitrogens with one attached hydrogen (secondary N) is 1. The van der Waals surface area contributed by atoms with Crippen LogP contribution in [0.1, 0.15) is 48.5 Å². The maximum atomic E-state index is 12.6. The lowest BCUT2D eigenvalue weighted by molar-refractivity contribution is -0.122. The molecule has 6 nitrogen and oxygen atoms in total. The Morgan fingerprint density at radius 1 is 1.19 bits per heavy atom. The van der Waals surface area contributed by atoms with Gasteiger partial charge >= 0.3 is 0 Å². The van der Waals surface area contributed by atoms with Crippen LogP contribution in [-0.4, -0.2) is 26.7 Å². The Hall–Kier alpha value is -2.89. The van der Waals surface area contributed by atoms with E-state index in [1.165, 1.54) is 11.9 Å². The largest absolute Gasteiger partial charge is 0.466 e. The minimum atomic E-state index is -0.104. The third-order valence-electron chi connectivity index (χ3n) is 4.70. The third kappa shape index (κ3) is 4.84. The van der Waals surface area contributed by atoms with Gasteiger partial charge in [-0.25, -0.2) is 9.67 Å². The number of hydrogen-bond acceptors (Lipinski definition) is 4. The van der Waals surface area contributed by atoms with Crippen molar-refractivity contribution >= 4 is 5.91 Å². The van der Waals surface area contributed by atoms with E-state index >= 15 is 0 Å². The van der Waals surface area contributed by atoms with Gasteiger partial charge in [0.05, 0.1) is 12.1 Å². The monoisotopic (exact) mass is 366 g/mol. The van der Waals surface area contributed by atoms with Crippen LogP contribution < -0.4 is 5.32 Å². The molecule has 3 rings (SSSR count). The topological polar surface area (TPSA) is 73.0 Å². The Balaban J connectivity index is 1.73. The van der Waals surface area contributed by atoms with E-state index in [9.17, 15) is 4.79 Å². The van der Waals surface area contributed by atoms with E-state index in [0.29, 0.717) is 12.8 Å². The van der Waals surface area contributed by atoms with Crippen molar-refractivity contribution in [2.75, 3.05) is 0 Å². The summed E-state index contributed by atoms with van der Waals surface area (Å²) in [5.74, 6) is 1.71. The van der Waals surface area contributed by atoms with E-state index < -0.39 is 0 Å². The zero-order chi connectivity index (χ0) is 19.2. The second kappa shape index (κ2) is 8.66. The maximum Gasteiger partial charge on any atom is 0.220 e. The van der Waals surface area contributed by atoms with Gasteiger partial charge in [-0.05, 0) is 38.0 Å². The Morgan fingerprint density at radius 2 is 1.96 bits per heavy atom. The second-order valence-corrected chi connectivity index (χ2v) is 6.83. The highest BCUT2D eigenvalue weighted by atomic mass is 16.3. The molecule has 0 aliphatic rings. The third-order valence-corrected chi connectivity index (χ3v) is 4.70. The molecule has 1 aromatic carbocycles. The van der Waals surface area contributed by atoms with Crippen LogP contribution >= 0.6 is 0 Å². The Labute approximate surface area is 159 Å². The van der Waals surface area contributed by atoms with Crippen LogP contribution in [0.2, 0.25) is 0 Å². The van der Waals surface area contributed by atoms with Crippen molar-refractivity contribution in [3.05, 3.63) is 71.7 Å². The summed E-state index contributed by atoms with van der Waals surface area (Å²) in [6, 6.07) is 12.0. The first-order valence-electron chi connectivity index (χ1n) is 9.32. The number of hydrogen-bond donors (Lipinski definition) is 1. The molecule has 0 bridgehead atoms. The number of furan rings is 1. The molecule has 0 saturated carbocycles. The van der Waals surface area contributed by atoms with Crippen LogP contribution in [0.25, 0.3) is 0 Å². The minimum absolute atomic E-state index is 0.00753. The molecular weight excluding hydrogens is 340 g/mol. The normalized spacial score (nSPS) is 13.3. The van der Waals surface area contributed by atoms with Crippen LogP contribution in [0, 0.1) is 13.8 Å². The number of carbonyl (C=O) groups is 1. The van der Waals surface area contributed by atoms with Crippen molar-refractivity contribution < 1.29 is 9.21 Å². The van der Waals surface area contributed by atoms with Crippen molar-refractivity contribution in [2.45, 2.75) is 52.1 Å². The summed E-state index contributed by atoms with van der Waals surface area (Å²) in [5, 5.41) is 7.50. The van der Waals surface area contributed by atoms with E-state index in [1.807, 2.05) is 23.7 Å². The first-order chi connectivity index (χ1) is 13.1. The number of nitrogens with zero attached hydrogens (tertiary/aromatic N) is 3. The van der Waals surface area contributed by atoms with Crippen LogP contribution in [0.4, 0.5) is 0 Å². The molecule has 1 N–H and O–H groups in total. The van der Waals surface area contributed by atoms with E-state index in [2.05, 4.69) is 53.5 Å². The molecule has 0 aliphatic carbocycles. The summed E-state index contributed by atoms with van der Waals surface area (Å²) in [4.78, 5) is 16.6. The van der Waals surface area contributed by atoms with Gasteiger partial charge in [-0.2, -0.15) is 5.10 Å². The second-order valence-electron chi connectivity index (χ2n) is 6.83. The number of carbonyl (C=O) groups excluding carboxylic acids is 1. The van der Waals surface area contributed by atoms with Gasteiger partial charge in [0, 0.05) is 12.8 Å². The lowest BCUT2D eigenvalue weighted by Crippen LogP contribution is -2.41.